The molecule has 1 heterocycles. The Morgan fingerprint density at radius 3 is 2.55 bits per heavy atom. The van der Waals surface area contributed by atoms with Gasteiger partial charge in [0, 0.05) is 23.2 Å². The van der Waals surface area contributed by atoms with E-state index in [1.807, 2.05) is 62.4 Å². The van der Waals surface area contributed by atoms with Crippen LogP contribution in [0.15, 0.2) is 48.5 Å². The van der Waals surface area contributed by atoms with Crippen molar-refractivity contribution in [2.24, 2.45) is 0 Å². The van der Waals surface area contributed by atoms with Crippen molar-refractivity contribution in [1.82, 2.24) is 10.3 Å². The van der Waals surface area contributed by atoms with Crippen molar-refractivity contribution in [3.63, 3.8) is 0 Å². The second-order valence-corrected chi connectivity index (χ2v) is 6.59. The predicted octanol–water partition coefficient (Wildman–Crippen LogP) is 3.59. The van der Waals surface area contributed by atoms with Gasteiger partial charge in [-0.2, -0.15) is 0 Å². The maximum Gasteiger partial charge on any atom is 0.339 e. The van der Waals surface area contributed by atoms with Gasteiger partial charge in [0.05, 0.1) is 18.2 Å². The van der Waals surface area contributed by atoms with Crippen molar-refractivity contribution in [3.8, 4) is 5.75 Å². The quantitative estimate of drug-likeness (QED) is 0.622. The van der Waals surface area contributed by atoms with Gasteiger partial charge in [0.1, 0.15) is 5.75 Å². The van der Waals surface area contributed by atoms with E-state index in [2.05, 4.69) is 10.3 Å². The smallest absolute Gasteiger partial charge is 0.339 e. The lowest BCUT2D eigenvalue weighted by Crippen LogP contribution is -2.28. The SMILES string of the molecule is CCc1nc2ccccc2c(C(=O)OCC(=O)NCc2ccccc2OC)c1C. The van der Waals surface area contributed by atoms with Gasteiger partial charge < -0.3 is 14.8 Å². The van der Waals surface area contributed by atoms with Crippen molar-refractivity contribution in [1.29, 1.82) is 0 Å². The average molecular weight is 392 g/mol. The van der Waals surface area contributed by atoms with Gasteiger partial charge in [-0.15, -0.1) is 0 Å². The highest BCUT2D eigenvalue weighted by molar-refractivity contribution is 6.05. The van der Waals surface area contributed by atoms with Gasteiger partial charge in [0.2, 0.25) is 0 Å². The molecule has 29 heavy (non-hydrogen) atoms. The molecule has 1 amide bonds. The number of esters is 1. The summed E-state index contributed by atoms with van der Waals surface area (Å²) in [6, 6.07) is 14.9. The van der Waals surface area contributed by atoms with Crippen LogP contribution in [0.5, 0.6) is 5.75 Å². The van der Waals surface area contributed by atoms with E-state index < -0.39 is 5.97 Å². The lowest BCUT2D eigenvalue weighted by atomic mass is 10.0. The molecule has 1 aromatic heterocycles. The number of ether oxygens (including phenoxy) is 2. The van der Waals surface area contributed by atoms with Gasteiger partial charge in [-0.1, -0.05) is 43.3 Å². The topological polar surface area (TPSA) is 77.5 Å². The molecule has 1 N–H and O–H groups in total. The summed E-state index contributed by atoms with van der Waals surface area (Å²) in [6.45, 7) is 3.78. The minimum absolute atomic E-state index is 0.289. The van der Waals surface area contributed by atoms with Gasteiger partial charge in [-0.3, -0.25) is 9.78 Å². The molecule has 0 fully saturated rings. The number of aryl methyl sites for hydroxylation is 1. The summed E-state index contributed by atoms with van der Waals surface area (Å²) in [4.78, 5) is 29.6. The fourth-order valence-electron chi connectivity index (χ4n) is 3.26. The molecule has 0 saturated carbocycles. The molecule has 150 valence electrons. The molecule has 0 spiro atoms. The lowest BCUT2D eigenvalue weighted by Gasteiger charge is -2.13. The van der Waals surface area contributed by atoms with E-state index in [0.717, 1.165) is 27.7 Å². The number of carbonyl (C=O) groups is 2. The molecule has 3 aromatic rings. The Kier molecular flexibility index (Phi) is 6.44. The van der Waals surface area contributed by atoms with Gasteiger partial charge in [0.25, 0.3) is 5.91 Å². The van der Waals surface area contributed by atoms with Crippen LogP contribution >= 0.6 is 0 Å². The van der Waals surface area contributed by atoms with Crippen LogP contribution in [0.3, 0.4) is 0 Å². The Labute approximate surface area is 169 Å². The standard InChI is InChI=1S/C23H24N2O4/c1-4-18-15(2)22(17-10-6-7-11-19(17)25-18)23(27)29-14-21(26)24-13-16-9-5-8-12-20(16)28-3/h5-12H,4,13-14H2,1-3H3,(H,24,26). The summed E-state index contributed by atoms with van der Waals surface area (Å²) in [5.41, 5.74) is 3.67. The van der Waals surface area contributed by atoms with Crippen LogP contribution in [0.1, 0.15) is 34.1 Å². The zero-order valence-corrected chi connectivity index (χ0v) is 16.8. The highest BCUT2D eigenvalue weighted by atomic mass is 16.5. The Bertz CT molecular complexity index is 1050. The van der Waals surface area contributed by atoms with E-state index in [9.17, 15) is 9.59 Å². The van der Waals surface area contributed by atoms with Gasteiger partial charge in [0.15, 0.2) is 6.61 Å². The molecule has 2 aromatic carbocycles. The number of hydrogen-bond donors (Lipinski definition) is 1. The largest absolute Gasteiger partial charge is 0.496 e. The van der Waals surface area contributed by atoms with Gasteiger partial charge >= 0.3 is 5.97 Å². The zero-order valence-electron chi connectivity index (χ0n) is 16.8. The fraction of sp³-hybridized carbons (Fsp3) is 0.261. The number of para-hydroxylation sites is 2. The Hall–Kier alpha value is -3.41. The number of nitrogens with zero attached hydrogens (tertiary/aromatic N) is 1. The van der Waals surface area contributed by atoms with Gasteiger partial charge in [-0.25, -0.2) is 4.79 Å². The van der Waals surface area contributed by atoms with E-state index in [4.69, 9.17) is 9.47 Å². The number of benzene rings is 2. The van der Waals surface area contributed by atoms with E-state index >= 15 is 0 Å². The molecular weight excluding hydrogens is 368 g/mol. The molecular formula is C23H24N2O4. The fourth-order valence-corrected chi connectivity index (χ4v) is 3.26. The number of fused-ring (bicyclic) bond motifs is 1. The van der Waals surface area contributed by atoms with Crippen LogP contribution in [0.2, 0.25) is 0 Å². The second kappa shape index (κ2) is 9.19. The first-order valence-electron chi connectivity index (χ1n) is 9.49. The second-order valence-electron chi connectivity index (χ2n) is 6.59. The highest BCUT2D eigenvalue weighted by Gasteiger charge is 2.19. The third kappa shape index (κ3) is 4.54. The summed E-state index contributed by atoms with van der Waals surface area (Å²) >= 11 is 0. The van der Waals surface area contributed by atoms with Crippen molar-refractivity contribution in [2.75, 3.05) is 13.7 Å². The molecule has 0 aliphatic rings. The number of rotatable bonds is 7. The third-order valence-electron chi connectivity index (χ3n) is 4.78. The summed E-state index contributed by atoms with van der Waals surface area (Å²) in [7, 11) is 1.58. The van der Waals surface area contributed by atoms with Crippen molar-refractivity contribution < 1.29 is 19.1 Å². The lowest BCUT2D eigenvalue weighted by molar-refractivity contribution is -0.124. The Balaban J connectivity index is 1.69. The van der Waals surface area contributed by atoms with Crippen LogP contribution < -0.4 is 10.1 Å². The first-order chi connectivity index (χ1) is 14.0. The van der Waals surface area contributed by atoms with Crippen LogP contribution in [-0.2, 0) is 22.5 Å². The summed E-state index contributed by atoms with van der Waals surface area (Å²) in [6.07, 6.45) is 0.705. The molecule has 0 aliphatic carbocycles. The molecule has 0 aliphatic heterocycles. The Morgan fingerprint density at radius 2 is 1.79 bits per heavy atom. The monoisotopic (exact) mass is 392 g/mol. The molecule has 0 bridgehead atoms. The molecule has 6 heteroatoms. The summed E-state index contributed by atoms with van der Waals surface area (Å²) < 4.78 is 10.6. The van der Waals surface area contributed by atoms with E-state index in [1.54, 1.807) is 7.11 Å². The van der Waals surface area contributed by atoms with Crippen molar-refractivity contribution in [3.05, 3.63) is 70.9 Å². The number of nitrogens with one attached hydrogen (secondary N) is 1. The van der Waals surface area contributed by atoms with Gasteiger partial charge in [-0.05, 0) is 31.0 Å². The minimum atomic E-state index is -0.525. The molecule has 0 saturated heterocycles. The number of methoxy groups -OCH3 is 1. The molecule has 0 atom stereocenters. The maximum atomic E-state index is 12.8. The van der Waals surface area contributed by atoms with Crippen LogP contribution in [0.25, 0.3) is 10.9 Å². The molecule has 0 unspecified atom stereocenters. The first kappa shape index (κ1) is 20.3. The van der Waals surface area contributed by atoms with E-state index in [-0.39, 0.29) is 19.1 Å². The zero-order chi connectivity index (χ0) is 20.8. The molecule has 0 radical (unpaired) electrons. The van der Waals surface area contributed by atoms with E-state index in [0.29, 0.717) is 17.7 Å². The van der Waals surface area contributed by atoms with Crippen molar-refractivity contribution in [2.45, 2.75) is 26.8 Å². The highest BCUT2D eigenvalue weighted by Crippen LogP contribution is 2.24. The molecule has 3 rings (SSSR count). The molecule has 6 nitrogen and oxygen atoms in total. The van der Waals surface area contributed by atoms with Crippen LogP contribution in [-0.4, -0.2) is 30.6 Å². The number of pyridine rings is 1. The Morgan fingerprint density at radius 1 is 1.07 bits per heavy atom. The number of aromatic nitrogens is 1. The number of carbonyl (C=O) groups excluding carboxylic acids is 2. The predicted molar refractivity (Wildman–Crippen MR) is 111 cm³/mol. The summed E-state index contributed by atoms with van der Waals surface area (Å²) in [5.74, 6) is -0.213. The third-order valence-corrected chi connectivity index (χ3v) is 4.78. The van der Waals surface area contributed by atoms with Crippen molar-refractivity contribution >= 4 is 22.8 Å². The maximum absolute atomic E-state index is 12.8. The summed E-state index contributed by atoms with van der Waals surface area (Å²) in [5, 5.41) is 3.47. The van der Waals surface area contributed by atoms with Crippen LogP contribution in [0, 0.1) is 6.92 Å². The number of amides is 1. The number of hydrogen-bond acceptors (Lipinski definition) is 5. The minimum Gasteiger partial charge on any atom is -0.496 e. The van der Waals surface area contributed by atoms with Crippen LogP contribution in [0.4, 0.5) is 0 Å². The normalized spacial score (nSPS) is 10.6. The first-order valence-corrected chi connectivity index (χ1v) is 9.49. The average Bonchev–Trinajstić information content (AvgIpc) is 2.75. The van der Waals surface area contributed by atoms with E-state index in [1.165, 1.54) is 0 Å².